The molecule has 0 amide bonds. The Kier molecular flexibility index (Phi) is 4.58. The molecular weight excluding hydrogens is 252 g/mol. The maximum Gasteiger partial charge on any atom is 0.166 e. The third-order valence-corrected chi connectivity index (χ3v) is 3.46. The molecule has 2 rings (SSSR count). The molecule has 4 nitrogen and oxygen atoms in total. The van der Waals surface area contributed by atoms with Gasteiger partial charge in [-0.15, -0.1) is 0 Å². The van der Waals surface area contributed by atoms with Crippen molar-refractivity contribution < 1.29 is 9.53 Å². The zero-order chi connectivity index (χ0) is 14.5. The van der Waals surface area contributed by atoms with Crippen LogP contribution in [0.25, 0.3) is 0 Å². The second kappa shape index (κ2) is 6.39. The van der Waals surface area contributed by atoms with E-state index in [4.69, 9.17) is 4.74 Å². The summed E-state index contributed by atoms with van der Waals surface area (Å²) in [6, 6.07) is 11.9. The highest BCUT2D eigenvalue weighted by Gasteiger charge is 2.16. The van der Waals surface area contributed by atoms with Crippen molar-refractivity contribution in [2.24, 2.45) is 0 Å². The van der Waals surface area contributed by atoms with Crippen LogP contribution in [-0.2, 0) is 6.54 Å². The number of rotatable bonds is 6. The van der Waals surface area contributed by atoms with Crippen molar-refractivity contribution in [1.29, 1.82) is 0 Å². The molecule has 0 saturated carbocycles. The topological polar surface area (TPSA) is 34.5 Å². The molecule has 4 heteroatoms. The third-order valence-electron chi connectivity index (χ3n) is 3.46. The summed E-state index contributed by atoms with van der Waals surface area (Å²) in [4.78, 5) is 13.2. The van der Waals surface area contributed by atoms with Gasteiger partial charge in [-0.3, -0.25) is 4.79 Å². The van der Waals surface area contributed by atoms with E-state index in [0.29, 0.717) is 5.69 Å². The van der Waals surface area contributed by atoms with E-state index < -0.39 is 0 Å². The lowest BCUT2D eigenvalue weighted by molar-refractivity contribution is 0.111. The Morgan fingerprint density at radius 1 is 1.30 bits per heavy atom. The van der Waals surface area contributed by atoms with Gasteiger partial charge in [-0.25, -0.2) is 0 Å². The first-order valence-corrected chi connectivity index (χ1v) is 6.56. The molecule has 0 aliphatic rings. The molecular formula is C16H20N2O2. The summed E-state index contributed by atoms with van der Waals surface area (Å²) in [6.07, 6.45) is 2.82. The predicted molar refractivity (Wildman–Crippen MR) is 79.2 cm³/mol. The lowest BCUT2D eigenvalue weighted by atomic mass is 10.1. The van der Waals surface area contributed by atoms with Gasteiger partial charge in [-0.05, 0) is 43.9 Å². The molecule has 0 saturated heterocycles. The summed E-state index contributed by atoms with van der Waals surface area (Å²) >= 11 is 0. The number of aromatic nitrogens is 1. The average molecular weight is 272 g/mol. The van der Waals surface area contributed by atoms with Crippen LogP contribution in [0.2, 0.25) is 0 Å². The second-order valence-electron chi connectivity index (χ2n) is 4.96. The van der Waals surface area contributed by atoms with Crippen LogP contribution < -0.4 is 4.74 Å². The quantitative estimate of drug-likeness (QED) is 0.758. The normalized spacial score (nSPS) is 12.4. The highest BCUT2D eigenvalue weighted by atomic mass is 16.5. The smallest absolute Gasteiger partial charge is 0.166 e. The summed E-state index contributed by atoms with van der Waals surface area (Å²) in [6.45, 7) is 0.723. The van der Waals surface area contributed by atoms with Crippen molar-refractivity contribution in [3.63, 3.8) is 0 Å². The summed E-state index contributed by atoms with van der Waals surface area (Å²) in [5, 5.41) is 0. The number of carbonyl (C=O) groups excluding carboxylic acids is 1. The maximum atomic E-state index is 11.0. The molecule has 1 aromatic heterocycles. The largest absolute Gasteiger partial charge is 0.497 e. The van der Waals surface area contributed by atoms with Crippen molar-refractivity contribution in [1.82, 2.24) is 9.47 Å². The Labute approximate surface area is 119 Å². The van der Waals surface area contributed by atoms with Gasteiger partial charge in [0.05, 0.1) is 18.8 Å². The predicted octanol–water partition coefficient (Wildman–Crippen LogP) is 2.61. The summed E-state index contributed by atoms with van der Waals surface area (Å²) in [5.41, 5.74) is 1.86. The van der Waals surface area contributed by atoms with Crippen LogP contribution in [0, 0.1) is 0 Å². The van der Waals surface area contributed by atoms with Gasteiger partial charge in [0.1, 0.15) is 5.75 Å². The highest BCUT2D eigenvalue weighted by molar-refractivity contribution is 5.72. The third kappa shape index (κ3) is 3.08. The molecule has 2 aromatic rings. The Morgan fingerprint density at radius 2 is 2.10 bits per heavy atom. The van der Waals surface area contributed by atoms with Crippen molar-refractivity contribution in [2.75, 3.05) is 21.2 Å². The Balaban J connectivity index is 2.29. The fourth-order valence-corrected chi connectivity index (χ4v) is 2.30. The van der Waals surface area contributed by atoms with Gasteiger partial charge in [0.25, 0.3) is 0 Å². The van der Waals surface area contributed by atoms with Gasteiger partial charge in [-0.2, -0.15) is 0 Å². The molecule has 0 aliphatic heterocycles. The zero-order valence-corrected chi connectivity index (χ0v) is 12.1. The molecule has 0 spiro atoms. The monoisotopic (exact) mass is 272 g/mol. The Morgan fingerprint density at radius 3 is 2.75 bits per heavy atom. The van der Waals surface area contributed by atoms with Crippen LogP contribution in [-0.4, -0.2) is 37.0 Å². The number of aldehydes is 1. The van der Waals surface area contributed by atoms with E-state index in [0.717, 1.165) is 18.6 Å². The number of ether oxygens (including phenoxy) is 1. The van der Waals surface area contributed by atoms with Crippen LogP contribution in [0.5, 0.6) is 5.75 Å². The van der Waals surface area contributed by atoms with Crippen LogP contribution in [0.4, 0.5) is 0 Å². The summed E-state index contributed by atoms with van der Waals surface area (Å²) in [7, 11) is 5.74. The average Bonchev–Trinajstić information content (AvgIpc) is 2.91. The first-order valence-electron chi connectivity index (χ1n) is 6.56. The van der Waals surface area contributed by atoms with E-state index in [2.05, 4.69) is 11.0 Å². The fraction of sp³-hybridized carbons (Fsp3) is 0.312. The first kappa shape index (κ1) is 14.3. The molecule has 0 N–H and O–H groups in total. The van der Waals surface area contributed by atoms with Gasteiger partial charge in [-0.1, -0.05) is 12.1 Å². The van der Waals surface area contributed by atoms with Crippen LogP contribution in [0.1, 0.15) is 22.1 Å². The van der Waals surface area contributed by atoms with Gasteiger partial charge < -0.3 is 14.2 Å². The molecule has 0 fully saturated rings. The molecule has 1 heterocycles. The van der Waals surface area contributed by atoms with Crippen LogP contribution >= 0.6 is 0 Å². The molecule has 1 atom stereocenters. The van der Waals surface area contributed by atoms with Crippen LogP contribution in [0.3, 0.4) is 0 Å². The SMILES string of the molecule is COc1cccc(C(Cn2cccc2C=O)N(C)C)c1. The number of likely N-dealkylation sites (N-methyl/N-ethyl adjacent to an activating group) is 1. The minimum Gasteiger partial charge on any atom is -0.497 e. The second-order valence-corrected chi connectivity index (χ2v) is 4.96. The Bertz CT molecular complexity index is 575. The molecule has 20 heavy (non-hydrogen) atoms. The number of hydrogen-bond acceptors (Lipinski definition) is 3. The molecule has 0 bridgehead atoms. The zero-order valence-electron chi connectivity index (χ0n) is 12.1. The number of hydrogen-bond donors (Lipinski definition) is 0. The standard InChI is InChI=1S/C16H20N2O2/c1-17(2)16(11-18-9-5-7-14(18)12-19)13-6-4-8-15(10-13)20-3/h4-10,12,16H,11H2,1-3H3. The molecule has 1 aromatic carbocycles. The molecule has 0 aliphatic carbocycles. The van der Waals surface area contributed by atoms with Crippen molar-refractivity contribution in [2.45, 2.75) is 12.6 Å². The van der Waals surface area contributed by atoms with E-state index in [-0.39, 0.29) is 6.04 Å². The van der Waals surface area contributed by atoms with Crippen molar-refractivity contribution in [3.05, 3.63) is 53.9 Å². The minimum absolute atomic E-state index is 0.177. The molecule has 0 radical (unpaired) electrons. The van der Waals surface area contributed by atoms with E-state index in [9.17, 15) is 4.79 Å². The number of methoxy groups -OCH3 is 1. The van der Waals surface area contributed by atoms with Crippen LogP contribution in [0.15, 0.2) is 42.6 Å². The number of nitrogens with zero attached hydrogens (tertiary/aromatic N) is 2. The van der Waals surface area contributed by atoms with Crippen molar-refractivity contribution in [3.8, 4) is 5.75 Å². The summed E-state index contributed by atoms with van der Waals surface area (Å²) < 4.78 is 7.25. The highest BCUT2D eigenvalue weighted by Crippen LogP contribution is 2.24. The number of benzene rings is 1. The lowest BCUT2D eigenvalue weighted by Crippen LogP contribution is -2.25. The van der Waals surface area contributed by atoms with Crippen molar-refractivity contribution >= 4 is 6.29 Å². The van der Waals surface area contributed by atoms with Gasteiger partial charge in [0.2, 0.25) is 0 Å². The first-order chi connectivity index (χ1) is 9.65. The Hall–Kier alpha value is -2.07. The minimum atomic E-state index is 0.177. The molecule has 1 unspecified atom stereocenters. The lowest BCUT2D eigenvalue weighted by Gasteiger charge is -2.26. The van der Waals surface area contributed by atoms with E-state index in [1.54, 1.807) is 7.11 Å². The van der Waals surface area contributed by atoms with E-state index >= 15 is 0 Å². The number of carbonyl (C=O) groups is 1. The van der Waals surface area contributed by atoms with E-state index in [1.807, 2.05) is 55.2 Å². The fourth-order valence-electron chi connectivity index (χ4n) is 2.30. The maximum absolute atomic E-state index is 11.0. The summed E-state index contributed by atoms with van der Waals surface area (Å²) in [5.74, 6) is 0.845. The van der Waals surface area contributed by atoms with Gasteiger partial charge in [0.15, 0.2) is 6.29 Å². The van der Waals surface area contributed by atoms with E-state index in [1.165, 1.54) is 5.56 Å². The van der Waals surface area contributed by atoms with Gasteiger partial charge in [0, 0.05) is 12.7 Å². The molecule has 106 valence electrons. The van der Waals surface area contributed by atoms with Gasteiger partial charge >= 0.3 is 0 Å².